The van der Waals surface area contributed by atoms with Crippen LogP contribution in [0.3, 0.4) is 0 Å². The number of nitrogens with zero attached hydrogens (tertiary/aromatic N) is 2. The van der Waals surface area contributed by atoms with Crippen molar-refractivity contribution >= 4 is 11.5 Å². The molecular weight excluding hydrogens is 116 g/mol. The number of nitrogens with two attached hydrogens (primary N) is 2. The van der Waals surface area contributed by atoms with Crippen molar-refractivity contribution in [2.75, 3.05) is 19.6 Å². The molecule has 0 aromatic heterocycles. The molecule has 4 heteroatoms. The van der Waals surface area contributed by atoms with Crippen LogP contribution >= 0.6 is 0 Å². The van der Waals surface area contributed by atoms with Gasteiger partial charge in [0.15, 0.2) is 0 Å². The monoisotopic (exact) mass is 126 g/mol. The number of hydrogen-bond acceptors (Lipinski definition) is 4. The molecule has 9 heavy (non-hydrogen) atoms. The summed E-state index contributed by atoms with van der Waals surface area (Å²) in [6.07, 6.45) is 0. The van der Waals surface area contributed by atoms with Crippen molar-refractivity contribution in [3.8, 4) is 0 Å². The SMILES string of the molecule is NCC1=NC(CN)=NC1. The zero-order valence-corrected chi connectivity index (χ0v) is 5.17. The van der Waals surface area contributed by atoms with E-state index in [2.05, 4.69) is 9.98 Å². The maximum absolute atomic E-state index is 5.31. The lowest BCUT2D eigenvalue weighted by Crippen LogP contribution is -2.15. The Hall–Kier alpha value is -0.740. The van der Waals surface area contributed by atoms with Crippen molar-refractivity contribution < 1.29 is 0 Å². The lowest BCUT2D eigenvalue weighted by molar-refractivity contribution is 1.22. The zero-order valence-electron chi connectivity index (χ0n) is 5.17. The van der Waals surface area contributed by atoms with Crippen molar-refractivity contribution in [1.82, 2.24) is 0 Å². The Labute approximate surface area is 53.7 Å². The first-order valence-corrected chi connectivity index (χ1v) is 2.86. The quantitative estimate of drug-likeness (QED) is 0.485. The van der Waals surface area contributed by atoms with Crippen molar-refractivity contribution in [3.63, 3.8) is 0 Å². The third-order valence-electron chi connectivity index (χ3n) is 1.15. The molecule has 1 heterocycles. The predicted molar refractivity (Wildman–Crippen MR) is 37.8 cm³/mol. The summed E-state index contributed by atoms with van der Waals surface area (Å²) in [5.41, 5.74) is 11.5. The lowest BCUT2D eigenvalue weighted by atomic mass is 10.4. The average Bonchev–Trinajstić information content (AvgIpc) is 2.34. The summed E-state index contributed by atoms with van der Waals surface area (Å²) in [4.78, 5) is 8.06. The summed E-state index contributed by atoms with van der Waals surface area (Å²) in [6.45, 7) is 1.56. The molecule has 1 aliphatic heterocycles. The molecule has 0 aromatic rings. The van der Waals surface area contributed by atoms with Crippen LogP contribution in [0.4, 0.5) is 0 Å². The summed E-state index contributed by atoms with van der Waals surface area (Å²) < 4.78 is 0. The highest BCUT2D eigenvalue weighted by molar-refractivity contribution is 6.05. The van der Waals surface area contributed by atoms with E-state index in [1.807, 2.05) is 0 Å². The van der Waals surface area contributed by atoms with Gasteiger partial charge in [-0.2, -0.15) is 0 Å². The van der Waals surface area contributed by atoms with Crippen LogP contribution in [0, 0.1) is 0 Å². The van der Waals surface area contributed by atoms with Crippen molar-refractivity contribution in [1.29, 1.82) is 0 Å². The molecule has 1 aliphatic rings. The van der Waals surface area contributed by atoms with Crippen LogP contribution in [0.1, 0.15) is 0 Å². The van der Waals surface area contributed by atoms with E-state index in [0.717, 1.165) is 11.5 Å². The molecule has 0 atom stereocenters. The Balaban J connectivity index is 2.52. The Morgan fingerprint density at radius 1 is 1.33 bits per heavy atom. The first-order chi connectivity index (χ1) is 4.36. The smallest absolute Gasteiger partial charge is 0.137 e. The number of amidine groups is 1. The lowest BCUT2D eigenvalue weighted by Gasteiger charge is -1.87. The molecule has 0 saturated heterocycles. The molecule has 50 valence electrons. The van der Waals surface area contributed by atoms with Gasteiger partial charge in [-0.1, -0.05) is 0 Å². The Morgan fingerprint density at radius 2 is 2.11 bits per heavy atom. The molecule has 0 aromatic carbocycles. The van der Waals surface area contributed by atoms with Crippen LogP contribution in [0.15, 0.2) is 9.98 Å². The first-order valence-electron chi connectivity index (χ1n) is 2.86. The predicted octanol–water partition coefficient (Wildman–Crippen LogP) is -1.24. The van der Waals surface area contributed by atoms with E-state index < -0.39 is 0 Å². The summed E-state index contributed by atoms with van der Waals surface area (Å²) in [5, 5.41) is 0. The molecule has 4 N–H and O–H groups in total. The van der Waals surface area contributed by atoms with Gasteiger partial charge in [0.1, 0.15) is 5.84 Å². The van der Waals surface area contributed by atoms with Gasteiger partial charge < -0.3 is 11.5 Å². The summed E-state index contributed by atoms with van der Waals surface area (Å²) in [6, 6.07) is 0. The van der Waals surface area contributed by atoms with Crippen LogP contribution in [0.25, 0.3) is 0 Å². The van der Waals surface area contributed by atoms with Gasteiger partial charge in [0.2, 0.25) is 0 Å². The Bertz CT molecular complexity index is 158. The maximum Gasteiger partial charge on any atom is 0.137 e. The summed E-state index contributed by atoms with van der Waals surface area (Å²) in [5.74, 6) is 0.718. The first kappa shape index (κ1) is 6.38. The van der Waals surface area contributed by atoms with Crippen LogP contribution in [0.5, 0.6) is 0 Å². The molecule has 0 spiro atoms. The topological polar surface area (TPSA) is 76.8 Å². The van der Waals surface area contributed by atoms with E-state index >= 15 is 0 Å². The number of hydrogen-bond donors (Lipinski definition) is 2. The molecule has 0 amide bonds. The molecule has 0 fully saturated rings. The Morgan fingerprint density at radius 3 is 2.44 bits per heavy atom. The third kappa shape index (κ3) is 1.34. The zero-order chi connectivity index (χ0) is 6.69. The second-order valence-electron chi connectivity index (χ2n) is 1.82. The van der Waals surface area contributed by atoms with Crippen molar-refractivity contribution in [2.24, 2.45) is 21.5 Å². The molecule has 0 bridgehead atoms. The number of aliphatic imine (C=N–C) groups is 2. The second kappa shape index (κ2) is 2.70. The summed E-state index contributed by atoms with van der Waals surface area (Å²) >= 11 is 0. The molecular formula is C5H10N4. The van der Waals surface area contributed by atoms with Gasteiger partial charge in [0.05, 0.1) is 18.8 Å². The standard InChI is InChI=1S/C5H10N4/c6-1-4-3-8-5(2-7)9-4/h1-3,6-7H2. The fraction of sp³-hybridized carbons (Fsp3) is 0.600. The van der Waals surface area contributed by atoms with E-state index in [4.69, 9.17) is 11.5 Å². The van der Waals surface area contributed by atoms with Gasteiger partial charge in [-0.15, -0.1) is 0 Å². The van der Waals surface area contributed by atoms with Gasteiger partial charge in [0, 0.05) is 6.54 Å². The minimum absolute atomic E-state index is 0.420. The van der Waals surface area contributed by atoms with E-state index in [1.54, 1.807) is 0 Å². The van der Waals surface area contributed by atoms with E-state index in [-0.39, 0.29) is 0 Å². The van der Waals surface area contributed by atoms with Gasteiger partial charge in [0.25, 0.3) is 0 Å². The van der Waals surface area contributed by atoms with Crippen molar-refractivity contribution in [3.05, 3.63) is 0 Å². The van der Waals surface area contributed by atoms with Crippen LogP contribution < -0.4 is 11.5 Å². The summed E-state index contributed by atoms with van der Waals surface area (Å²) in [7, 11) is 0. The van der Waals surface area contributed by atoms with Crippen LogP contribution in [-0.2, 0) is 0 Å². The van der Waals surface area contributed by atoms with E-state index in [1.165, 1.54) is 0 Å². The fourth-order valence-corrected chi connectivity index (χ4v) is 0.656. The molecule has 1 rings (SSSR count). The minimum Gasteiger partial charge on any atom is -0.325 e. The van der Waals surface area contributed by atoms with Gasteiger partial charge in [-0.05, 0) is 0 Å². The van der Waals surface area contributed by atoms with E-state index in [9.17, 15) is 0 Å². The van der Waals surface area contributed by atoms with E-state index in [0.29, 0.717) is 19.6 Å². The molecule has 0 radical (unpaired) electrons. The van der Waals surface area contributed by atoms with Gasteiger partial charge in [-0.25, -0.2) is 4.99 Å². The largest absolute Gasteiger partial charge is 0.325 e. The molecule has 4 nitrogen and oxygen atoms in total. The highest BCUT2D eigenvalue weighted by Gasteiger charge is 2.04. The maximum atomic E-state index is 5.31. The van der Waals surface area contributed by atoms with Crippen LogP contribution in [0.2, 0.25) is 0 Å². The van der Waals surface area contributed by atoms with Gasteiger partial charge in [-0.3, -0.25) is 4.99 Å². The Kier molecular flexibility index (Phi) is 1.92. The number of rotatable bonds is 2. The fourth-order valence-electron chi connectivity index (χ4n) is 0.656. The minimum atomic E-state index is 0.420. The highest BCUT2D eigenvalue weighted by Crippen LogP contribution is 1.92. The highest BCUT2D eigenvalue weighted by atomic mass is 15.0. The third-order valence-corrected chi connectivity index (χ3v) is 1.15. The molecule has 0 saturated carbocycles. The molecule has 0 aliphatic carbocycles. The normalized spacial score (nSPS) is 17.6. The van der Waals surface area contributed by atoms with Crippen molar-refractivity contribution in [2.45, 2.75) is 0 Å². The van der Waals surface area contributed by atoms with Gasteiger partial charge >= 0.3 is 0 Å². The average molecular weight is 126 g/mol. The molecule has 0 unspecified atom stereocenters. The second-order valence-corrected chi connectivity index (χ2v) is 1.82. The van der Waals surface area contributed by atoms with Crippen LogP contribution in [-0.4, -0.2) is 31.2 Å².